The van der Waals surface area contributed by atoms with Gasteiger partial charge in [-0.2, -0.15) is 0 Å². The number of hydrogen-bond donors (Lipinski definition) is 1. The third kappa shape index (κ3) is 3.47. The third-order valence-corrected chi connectivity index (χ3v) is 3.11. The minimum absolute atomic E-state index is 0.00448. The van der Waals surface area contributed by atoms with Crippen molar-refractivity contribution in [1.82, 2.24) is 4.98 Å². The van der Waals surface area contributed by atoms with Gasteiger partial charge < -0.3 is 10.1 Å². The molecule has 106 valence electrons. The number of ether oxygens (including phenoxy) is 1. The predicted octanol–water partition coefficient (Wildman–Crippen LogP) is 4.10. The number of aryl methyl sites for hydroxylation is 1. The quantitative estimate of drug-likeness (QED) is 0.891. The van der Waals surface area contributed by atoms with Crippen LogP contribution < -0.4 is 10.1 Å². The van der Waals surface area contributed by atoms with Crippen molar-refractivity contribution in [3.63, 3.8) is 0 Å². The van der Waals surface area contributed by atoms with E-state index in [1.165, 1.54) is 0 Å². The van der Waals surface area contributed by atoms with Crippen molar-refractivity contribution in [2.24, 2.45) is 0 Å². The van der Waals surface area contributed by atoms with E-state index < -0.39 is 0 Å². The van der Waals surface area contributed by atoms with E-state index >= 15 is 0 Å². The first-order valence-electron chi connectivity index (χ1n) is 6.71. The largest absolute Gasteiger partial charge is 0.478 e. The predicted molar refractivity (Wildman–Crippen MR) is 78.6 cm³/mol. The maximum atomic E-state index is 13.6. The highest BCUT2D eigenvalue weighted by atomic mass is 19.1. The van der Waals surface area contributed by atoms with Gasteiger partial charge >= 0.3 is 0 Å². The Morgan fingerprint density at radius 3 is 2.70 bits per heavy atom. The van der Waals surface area contributed by atoms with Crippen molar-refractivity contribution < 1.29 is 9.13 Å². The van der Waals surface area contributed by atoms with Gasteiger partial charge in [0.2, 0.25) is 5.88 Å². The van der Waals surface area contributed by atoms with Crippen molar-refractivity contribution in [1.29, 1.82) is 0 Å². The van der Waals surface area contributed by atoms with Gasteiger partial charge in [-0.3, -0.25) is 0 Å². The number of halogens is 1. The van der Waals surface area contributed by atoms with Crippen molar-refractivity contribution in [2.45, 2.75) is 26.8 Å². The van der Waals surface area contributed by atoms with Crippen LogP contribution in [0.15, 0.2) is 36.5 Å². The summed E-state index contributed by atoms with van der Waals surface area (Å²) in [6.07, 6.45) is 1.71. The maximum absolute atomic E-state index is 13.6. The molecule has 1 atom stereocenters. The van der Waals surface area contributed by atoms with Crippen LogP contribution in [0.1, 0.15) is 31.0 Å². The molecular formula is C16H19FN2O. The van der Waals surface area contributed by atoms with Crippen LogP contribution in [-0.2, 0) is 0 Å². The minimum Gasteiger partial charge on any atom is -0.478 e. The molecule has 0 spiro atoms. The lowest BCUT2D eigenvalue weighted by atomic mass is 10.1. The van der Waals surface area contributed by atoms with Crippen molar-refractivity contribution in [3.8, 4) is 5.88 Å². The SMILES string of the molecule is CCOc1ccc(NC(C)c2ccc(C)c(F)c2)cn1. The molecule has 20 heavy (non-hydrogen) atoms. The van der Waals surface area contributed by atoms with Gasteiger partial charge in [0.05, 0.1) is 18.5 Å². The number of nitrogens with one attached hydrogen (secondary N) is 1. The highest BCUT2D eigenvalue weighted by Crippen LogP contribution is 2.21. The van der Waals surface area contributed by atoms with Crippen LogP contribution in [0, 0.1) is 12.7 Å². The monoisotopic (exact) mass is 274 g/mol. The summed E-state index contributed by atoms with van der Waals surface area (Å²) in [4.78, 5) is 4.19. The molecule has 0 fully saturated rings. The zero-order valence-corrected chi connectivity index (χ0v) is 12.0. The Kier molecular flexibility index (Phi) is 4.56. The molecule has 0 bridgehead atoms. The van der Waals surface area contributed by atoms with Gasteiger partial charge in [0, 0.05) is 12.1 Å². The summed E-state index contributed by atoms with van der Waals surface area (Å²) < 4.78 is 18.9. The Bertz CT molecular complexity index is 569. The van der Waals surface area contributed by atoms with E-state index in [1.807, 2.05) is 32.0 Å². The molecule has 0 saturated heterocycles. The van der Waals surface area contributed by atoms with Gasteiger partial charge in [0.1, 0.15) is 5.82 Å². The Morgan fingerprint density at radius 1 is 1.30 bits per heavy atom. The number of hydrogen-bond acceptors (Lipinski definition) is 3. The first-order chi connectivity index (χ1) is 9.60. The molecule has 0 amide bonds. The van der Waals surface area contributed by atoms with E-state index in [1.54, 1.807) is 25.3 Å². The van der Waals surface area contributed by atoms with E-state index in [0.29, 0.717) is 18.1 Å². The molecule has 2 aromatic rings. The van der Waals surface area contributed by atoms with Gasteiger partial charge in [-0.1, -0.05) is 12.1 Å². The zero-order chi connectivity index (χ0) is 14.5. The molecular weight excluding hydrogens is 255 g/mol. The number of pyridine rings is 1. The van der Waals surface area contributed by atoms with Crippen molar-refractivity contribution in [2.75, 3.05) is 11.9 Å². The second-order valence-corrected chi connectivity index (χ2v) is 4.69. The highest BCUT2D eigenvalue weighted by Gasteiger charge is 2.08. The summed E-state index contributed by atoms with van der Waals surface area (Å²) in [7, 11) is 0. The second-order valence-electron chi connectivity index (χ2n) is 4.69. The van der Waals surface area contributed by atoms with Crippen LogP contribution in [0.3, 0.4) is 0 Å². The summed E-state index contributed by atoms with van der Waals surface area (Å²) in [5.41, 5.74) is 2.44. The van der Waals surface area contributed by atoms with Gasteiger partial charge in [0.25, 0.3) is 0 Å². The van der Waals surface area contributed by atoms with E-state index in [9.17, 15) is 4.39 Å². The fourth-order valence-electron chi connectivity index (χ4n) is 1.91. The molecule has 0 aliphatic heterocycles. The summed E-state index contributed by atoms with van der Waals surface area (Å²) in [6, 6.07) is 9.00. The minimum atomic E-state index is -0.180. The van der Waals surface area contributed by atoms with Crippen molar-refractivity contribution in [3.05, 3.63) is 53.5 Å². The molecule has 1 aromatic carbocycles. The van der Waals surface area contributed by atoms with E-state index in [2.05, 4.69) is 10.3 Å². The van der Waals surface area contributed by atoms with Gasteiger partial charge in [-0.25, -0.2) is 9.37 Å². The summed E-state index contributed by atoms with van der Waals surface area (Å²) in [5.74, 6) is 0.424. The lowest BCUT2D eigenvalue weighted by molar-refractivity contribution is 0.327. The maximum Gasteiger partial charge on any atom is 0.213 e. The summed E-state index contributed by atoms with van der Waals surface area (Å²) in [6.45, 7) is 6.26. The zero-order valence-electron chi connectivity index (χ0n) is 12.0. The van der Waals surface area contributed by atoms with Crippen LogP contribution in [0.5, 0.6) is 5.88 Å². The van der Waals surface area contributed by atoms with Crippen molar-refractivity contribution >= 4 is 5.69 Å². The standard InChI is InChI=1S/C16H19FN2O/c1-4-20-16-8-7-14(10-18-16)19-12(3)13-6-5-11(2)15(17)9-13/h5-10,12,19H,4H2,1-3H3. The third-order valence-electron chi connectivity index (χ3n) is 3.11. The van der Waals surface area contributed by atoms with E-state index in [-0.39, 0.29) is 11.9 Å². The Hall–Kier alpha value is -2.10. The molecule has 1 N–H and O–H groups in total. The van der Waals surface area contributed by atoms with Crippen LogP contribution in [0.2, 0.25) is 0 Å². The van der Waals surface area contributed by atoms with Crippen LogP contribution in [-0.4, -0.2) is 11.6 Å². The Labute approximate surface area is 118 Å². The topological polar surface area (TPSA) is 34.1 Å². The van der Waals surface area contributed by atoms with Gasteiger partial charge in [0.15, 0.2) is 0 Å². The molecule has 0 radical (unpaired) electrons. The highest BCUT2D eigenvalue weighted by molar-refractivity contribution is 5.44. The molecule has 2 rings (SSSR count). The average Bonchev–Trinajstić information content (AvgIpc) is 2.44. The molecule has 0 aliphatic carbocycles. The molecule has 0 aliphatic rings. The average molecular weight is 274 g/mol. The van der Waals surface area contributed by atoms with Crippen LogP contribution in [0.25, 0.3) is 0 Å². The van der Waals surface area contributed by atoms with E-state index in [4.69, 9.17) is 4.74 Å². The lowest BCUT2D eigenvalue weighted by Crippen LogP contribution is -2.07. The van der Waals surface area contributed by atoms with Crippen LogP contribution >= 0.6 is 0 Å². The molecule has 3 nitrogen and oxygen atoms in total. The summed E-state index contributed by atoms with van der Waals surface area (Å²) >= 11 is 0. The number of benzene rings is 1. The second kappa shape index (κ2) is 6.37. The van der Waals surface area contributed by atoms with Gasteiger partial charge in [-0.05, 0) is 44.0 Å². The van der Waals surface area contributed by atoms with Gasteiger partial charge in [-0.15, -0.1) is 0 Å². The fraction of sp³-hybridized carbons (Fsp3) is 0.312. The Morgan fingerprint density at radius 2 is 2.10 bits per heavy atom. The molecule has 1 heterocycles. The first kappa shape index (κ1) is 14.3. The fourth-order valence-corrected chi connectivity index (χ4v) is 1.91. The summed E-state index contributed by atoms with van der Waals surface area (Å²) in [5, 5.41) is 3.29. The number of anilines is 1. The lowest BCUT2D eigenvalue weighted by Gasteiger charge is -2.16. The number of aromatic nitrogens is 1. The van der Waals surface area contributed by atoms with Crippen LogP contribution in [0.4, 0.5) is 10.1 Å². The van der Waals surface area contributed by atoms with E-state index in [0.717, 1.165) is 11.3 Å². The Balaban J connectivity index is 2.06. The molecule has 0 saturated carbocycles. The number of rotatable bonds is 5. The number of nitrogens with zero attached hydrogens (tertiary/aromatic N) is 1. The molecule has 1 unspecified atom stereocenters. The molecule has 1 aromatic heterocycles. The normalized spacial score (nSPS) is 12.0. The molecule has 4 heteroatoms. The first-order valence-corrected chi connectivity index (χ1v) is 6.71. The smallest absolute Gasteiger partial charge is 0.213 e.